The Hall–Kier alpha value is -3.60. The molecule has 1 aliphatic rings. The summed E-state index contributed by atoms with van der Waals surface area (Å²) in [4.78, 5) is 17.2. The molecule has 0 bridgehead atoms. The number of amides is 1. The van der Waals surface area contributed by atoms with Gasteiger partial charge in [-0.05, 0) is 50.0 Å². The number of nitrogens with one attached hydrogen (secondary N) is 1. The normalized spacial score (nSPS) is 13.9. The van der Waals surface area contributed by atoms with E-state index >= 15 is 0 Å². The van der Waals surface area contributed by atoms with Crippen LogP contribution in [0.15, 0.2) is 59.2 Å². The van der Waals surface area contributed by atoms with E-state index in [0.717, 1.165) is 51.6 Å². The zero-order valence-electron chi connectivity index (χ0n) is 17.7. The number of aryl methyl sites for hydroxylation is 2. The van der Waals surface area contributed by atoms with Crippen LogP contribution in [0.3, 0.4) is 0 Å². The third-order valence-electron chi connectivity index (χ3n) is 5.94. The van der Waals surface area contributed by atoms with Gasteiger partial charge in [0.2, 0.25) is 5.91 Å². The van der Waals surface area contributed by atoms with Gasteiger partial charge in [-0.2, -0.15) is 0 Å². The lowest BCUT2D eigenvalue weighted by atomic mass is 9.94. The molecule has 0 saturated heterocycles. The lowest BCUT2D eigenvalue weighted by molar-refractivity contribution is -0.111. The number of allylic oxidation sites excluding steroid dienone is 1. The summed E-state index contributed by atoms with van der Waals surface area (Å²) < 4.78 is 11.7. The highest BCUT2D eigenvalue weighted by atomic mass is 16.5. The fourth-order valence-corrected chi connectivity index (χ4v) is 4.41. The molecule has 0 radical (unpaired) electrons. The Kier molecular flexibility index (Phi) is 4.94. The quantitative estimate of drug-likeness (QED) is 0.423. The number of benzene rings is 2. The summed E-state index contributed by atoms with van der Waals surface area (Å²) in [5.41, 5.74) is 5.34. The third kappa shape index (κ3) is 3.56. The minimum Gasteiger partial charge on any atom is -0.496 e. The van der Waals surface area contributed by atoms with Crippen molar-refractivity contribution in [2.45, 2.75) is 32.6 Å². The van der Waals surface area contributed by atoms with Gasteiger partial charge in [-0.25, -0.2) is 0 Å². The Morgan fingerprint density at radius 1 is 1.16 bits per heavy atom. The van der Waals surface area contributed by atoms with Crippen LogP contribution in [0.4, 0.5) is 5.69 Å². The number of carbonyl (C=O) groups excluding carboxylic acids is 1. The van der Waals surface area contributed by atoms with Crippen LogP contribution in [-0.2, 0) is 17.6 Å². The summed E-state index contributed by atoms with van der Waals surface area (Å²) >= 11 is 0. The molecular weight excluding hydrogens is 388 g/mol. The zero-order chi connectivity index (χ0) is 21.4. The van der Waals surface area contributed by atoms with Gasteiger partial charge in [0.1, 0.15) is 17.1 Å². The molecule has 0 aliphatic heterocycles. The molecule has 0 fully saturated rings. The van der Waals surface area contributed by atoms with Crippen LogP contribution >= 0.6 is 0 Å². The molecule has 1 amide bonds. The lowest BCUT2D eigenvalue weighted by Gasteiger charge is -2.11. The van der Waals surface area contributed by atoms with Crippen LogP contribution in [0.2, 0.25) is 0 Å². The second-order valence-corrected chi connectivity index (χ2v) is 7.96. The van der Waals surface area contributed by atoms with Gasteiger partial charge in [0, 0.05) is 46.7 Å². The third-order valence-corrected chi connectivity index (χ3v) is 5.94. The molecule has 4 aromatic rings. The van der Waals surface area contributed by atoms with Gasteiger partial charge in [-0.1, -0.05) is 18.2 Å². The summed E-state index contributed by atoms with van der Waals surface area (Å²) in [6, 6.07) is 13.6. The SMILES string of the molecule is COc1cc2oc3c(c2cc1/C(C)=C/C(=O)Nc1cccc2cccnc12)CCCC3. The van der Waals surface area contributed by atoms with Crippen molar-refractivity contribution in [1.82, 2.24) is 4.98 Å². The Labute approximate surface area is 180 Å². The predicted octanol–water partition coefficient (Wildman–Crippen LogP) is 5.91. The van der Waals surface area contributed by atoms with E-state index < -0.39 is 0 Å². The number of hydrogen-bond acceptors (Lipinski definition) is 4. The van der Waals surface area contributed by atoms with Crippen molar-refractivity contribution in [2.24, 2.45) is 0 Å². The van der Waals surface area contributed by atoms with Crippen LogP contribution in [-0.4, -0.2) is 18.0 Å². The number of aromatic nitrogens is 1. The zero-order valence-corrected chi connectivity index (χ0v) is 17.7. The number of rotatable bonds is 4. The molecule has 0 saturated carbocycles. The topological polar surface area (TPSA) is 64.4 Å². The molecule has 2 heterocycles. The van der Waals surface area contributed by atoms with Crippen LogP contribution in [0, 0.1) is 0 Å². The largest absolute Gasteiger partial charge is 0.496 e. The number of methoxy groups -OCH3 is 1. The Morgan fingerprint density at radius 3 is 2.87 bits per heavy atom. The number of furan rings is 1. The summed E-state index contributed by atoms with van der Waals surface area (Å²) in [6.45, 7) is 1.93. The van der Waals surface area contributed by atoms with Gasteiger partial charge in [0.05, 0.1) is 18.3 Å². The highest BCUT2D eigenvalue weighted by Gasteiger charge is 2.20. The van der Waals surface area contributed by atoms with E-state index in [-0.39, 0.29) is 5.91 Å². The Balaban J connectivity index is 1.49. The van der Waals surface area contributed by atoms with E-state index in [2.05, 4.69) is 16.4 Å². The van der Waals surface area contributed by atoms with Gasteiger partial charge in [0.25, 0.3) is 0 Å². The van der Waals surface area contributed by atoms with Crippen molar-refractivity contribution in [3.63, 3.8) is 0 Å². The first kappa shape index (κ1) is 19.4. The average molecular weight is 412 g/mol. The van der Waals surface area contributed by atoms with E-state index in [1.54, 1.807) is 19.4 Å². The number of carbonyl (C=O) groups is 1. The van der Waals surface area contributed by atoms with Crippen molar-refractivity contribution in [2.75, 3.05) is 12.4 Å². The number of fused-ring (bicyclic) bond motifs is 4. The first-order chi connectivity index (χ1) is 15.1. The van der Waals surface area contributed by atoms with Crippen LogP contribution in [0.25, 0.3) is 27.4 Å². The van der Waals surface area contributed by atoms with E-state index in [1.165, 1.54) is 18.4 Å². The summed E-state index contributed by atoms with van der Waals surface area (Å²) in [5, 5.41) is 5.07. The molecule has 31 heavy (non-hydrogen) atoms. The molecule has 5 rings (SSSR count). The second-order valence-electron chi connectivity index (χ2n) is 7.96. The van der Waals surface area contributed by atoms with Gasteiger partial charge < -0.3 is 14.5 Å². The minimum atomic E-state index is -0.202. The number of anilines is 1. The molecule has 5 nitrogen and oxygen atoms in total. The van der Waals surface area contributed by atoms with Crippen molar-refractivity contribution < 1.29 is 13.9 Å². The average Bonchev–Trinajstić information content (AvgIpc) is 3.16. The maximum atomic E-state index is 12.8. The summed E-state index contributed by atoms with van der Waals surface area (Å²) in [5.74, 6) is 1.59. The smallest absolute Gasteiger partial charge is 0.248 e. The van der Waals surface area contributed by atoms with Gasteiger partial charge >= 0.3 is 0 Å². The summed E-state index contributed by atoms with van der Waals surface area (Å²) in [7, 11) is 1.64. The first-order valence-corrected chi connectivity index (χ1v) is 10.6. The number of hydrogen-bond donors (Lipinski definition) is 1. The fourth-order valence-electron chi connectivity index (χ4n) is 4.41. The standard InChI is InChI=1S/C26H24N2O3/c1-16(13-25(29)28-21-10-5-7-17-8-6-12-27-26(17)21)19-14-20-18-9-3-4-11-22(18)31-24(20)15-23(19)30-2/h5-8,10,12-15H,3-4,9,11H2,1-2H3,(H,28,29)/b16-13+. The fraction of sp³-hybridized carbons (Fsp3) is 0.231. The van der Waals surface area contributed by atoms with Gasteiger partial charge in [0.15, 0.2) is 0 Å². The molecule has 1 N–H and O–H groups in total. The van der Waals surface area contributed by atoms with Crippen molar-refractivity contribution >= 4 is 39.0 Å². The molecule has 0 unspecified atom stereocenters. The Bertz CT molecular complexity index is 1330. The molecule has 1 aliphatic carbocycles. The van der Waals surface area contributed by atoms with Crippen molar-refractivity contribution in [1.29, 1.82) is 0 Å². The van der Waals surface area contributed by atoms with Crippen LogP contribution in [0.5, 0.6) is 5.75 Å². The van der Waals surface area contributed by atoms with Crippen molar-refractivity contribution in [3.8, 4) is 5.75 Å². The highest BCUT2D eigenvalue weighted by Crippen LogP contribution is 2.38. The highest BCUT2D eigenvalue weighted by molar-refractivity contribution is 6.08. The maximum Gasteiger partial charge on any atom is 0.248 e. The lowest BCUT2D eigenvalue weighted by Crippen LogP contribution is -2.09. The van der Waals surface area contributed by atoms with Crippen LogP contribution in [0.1, 0.15) is 36.7 Å². The molecule has 0 spiro atoms. The van der Waals surface area contributed by atoms with E-state index in [0.29, 0.717) is 11.4 Å². The van der Waals surface area contributed by atoms with E-state index in [4.69, 9.17) is 9.15 Å². The predicted molar refractivity (Wildman–Crippen MR) is 123 cm³/mol. The molecule has 5 heteroatoms. The number of nitrogens with zero attached hydrogens (tertiary/aromatic N) is 1. The van der Waals surface area contributed by atoms with Crippen molar-refractivity contribution in [3.05, 3.63) is 71.6 Å². The second kappa shape index (κ2) is 7.91. The van der Waals surface area contributed by atoms with E-state index in [9.17, 15) is 4.79 Å². The first-order valence-electron chi connectivity index (χ1n) is 10.6. The molecule has 2 aromatic carbocycles. The minimum absolute atomic E-state index is 0.202. The van der Waals surface area contributed by atoms with Gasteiger partial charge in [-0.3, -0.25) is 9.78 Å². The van der Waals surface area contributed by atoms with E-state index in [1.807, 2.05) is 43.3 Å². The molecule has 0 atom stereocenters. The number of pyridine rings is 1. The summed E-state index contributed by atoms with van der Waals surface area (Å²) in [6.07, 6.45) is 7.70. The number of ether oxygens (including phenoxy) is 1. The molecule has 2 aromatic heterocycles. The van der Waals surface area contributed by atoms with Gasteiger partial charge in [-0.15, -0.1) is 0 Å². The number of para-hydroxylation sites is 1. The monoisotopic (exact) mass is 412 g/mol. The molecule has 156 valence electrons. The molecular formula is C26H24N2O3. The van der Waals surface area contributed by atoms with Crippen LogP contribution < -0.4 is 10.1 Å². The Morgan fingerprint density at radius 2 is 2.00 bits per heavy atom. The maximum absolute atomic E-state index is 12.8.